The number of nitrogens with one attached hydrogen (secondary N) is 2. The van der Waals surface area contributed by atoms with Gasteiger partial charge < -0.3 is 25.3 Å². The average Bonchev–Trinajstić information content (AvgIpc) is 2.84. The second-order valence-electron chi connectivity index (χ2n) is 8.76. The molecule has 0 aliphatic heterocycles. The summed E-state index contributed by atoms with van der Waals surface area (Å²) in [5.41, 5.74) is 5.59. The molecule has 11 nitrogen and oxygen atoms in total. The van der Waals surface area contributed by atoms with Crippen LogP contribution in [0.5, 0.6) is 11.5 Å². The van der Waals surface area contributed by atoms with Gasteiger partial charge in [-0.25, -0.2) is 23.0 Å². The number of benzene rings is 2. The van der Waals surface area contributed by atoms with E-state index in [0.29, 0.717) is 11.4 Å². The Labute approximate surface area is 215 Å². The number of anilines is 3. The summed E-state index contributed by atoms with van der Waals surface area (Å²) in [5.74, 6) is -0.929. The summed E-state index contributed by atoms with van der Waals surface area (Å²) < 4.78 is 43.5. The van der Waals surface area contributed by atoms with Gasteiger partial charge >= 0.3 is 11.9 Å². The van der Waals surface area contributed by atoms with Crippen molar-refractivity contribution < 1.29 is 32.2 Å². The predicted octanol–water partition coefficient (Wildman–Crippen LogP) is 3.21. The maximum Gasteiger partial charge on any atom is 0.340 e. The van der Waals surface area contributed by atoms with E-state index < -0.39 is 33.6 Å². The standard InChI is InChI=1S/C25H28N4O7S/c1-25(2,3)36-24(31)21(26)23(30)35-18-9-7-16(8-10-18)28-22-20(6-5-15-27-22)29-37(32,33)19-13-11-17(34-4)12-14-19/h5-15,21,29H,26H2,1-4H3,(H,27,28). The molecule has 1 atom stereocenters. The summed E-state index contributed by atoms with van der Waals surface area (Å²) in [6, 6.07) is 13.6. The van der Waals surface area contributed by atoms with E-state index in [1.54, 1.807) is 57.2 Å². The van der Waals surface area contributed by atoms with E-state index in [4.69, 9.17) is 19.9 Å². The lowest BCUT2D eigenvalue weighted by Crippen LogP contribution is -2.45. The first-order valence-corrected chi connectivity index (χ1v) is 12.6. The highest BCUT2D eigenvalue weighted by Crippen LogP contribution is 2.27. The molecule has 0 saturated carbocycles. The summed E-state index contributed by atoms with van der Waals surface area (Å²) in [6.45, 7) is 4.98. The van der Waals surface area contributed by atoms with Crippen molar-refractivity contribution >= 4 is 39.2 Å². The Hall–Kier alpha value is -4.16. The molecule has 2 aromatic carbocycles. The molecule has 0 amide bonds. The summed E-state index contributed by atoms with van der Waals surface area (Å²) in [7, 11) is -2.40. The van der Waals surface area contributed by atoms with Gasteiger partial charge in [-0.3, -0.25) is 4.72 Å². The first-order valence-electron chi connectivity index (χ1n) is 11.1. The first kappa shape index (κ1) is 27.4. The Morgan fingerprint density at radius 1 is 0.946 bits per heavy atom. The quantitative estimate of drug-likeness (QED) is 0.214. The van der Waals surface area contributed by atoms with Crippen LogP contribution in [0.4, 0.5) is 17.2 Å². The van der Waals surface area contributed by atoms with E-state index in [0.717, 1.165) is 0 Å². The van der Waals surface area contributed by atoms with Gasteiger partial charge in [0.25, 0.3) is 10.0 Å². The summed E-state index contributed by atoms with van der Waals surface area (Å²) in [6.07, 6.45) is 1.50. The van der Waals surface area contributed by atoms with E-state index in [1.165, 1.54) is 37.6 Å². The SMILES string of the molecule is COc1ccc(S(=O)(=O)Nc2cccnc2Nc2ccc(OC(=O)C(N)C(=O)OC(C)(C)C)cc2)cc1. The Kier molecular flexibility index (Phi) is 8.35. The highest BCUT2D eigenvalue weighted by atomic mass is 32.2. The first-order chi connectivity index (χ1) is 17.4. The normalized spacial score (nSPS) is 12.2. The smallest absolute Gasteiger partial charge is 0.340 e. The van der Waals surface area contributed by atoms with Crippen LogP contribution in [-0.2, 0) is 24.3 Å². The van der Waals surface area contributed by atoms with Crippen LogP contribution in [-0.4, -0.2) is 44.1 Å². The van der Waals surface area contributed by atoms with Crippen LogP contribution in [0.2, 0.25) is 0 Å². The monoisotopic (exact) mass is 528 g/mol. The topological polar surface area (TPSA) is 159 Å². The predicted molar refractivity (Wildman–Crippen MR) is 137 cm³/mol. The molecule has 0 bridgehead atoms. The van der Waals surface area contributed by atoms with Gasteiger partial charge in [-0.05, 0) is 81.4 Å². The van der Waals surface area contributed by atoms with Gasteiger partial charge in [0.05, 0.1) is 17.7 Å². The van der Waals surface area contributed by atoms with E-state index in [1.807, 2.05) is 0 Å². The van der Waals surface area contributed by atoms with Gasteiger partial charge in [-0.2, -0.15) is 0 Å². The third kappa shape index (κ3) is 7.66. The number of aromatic nitrogens is 1. The minimum atomic E-state index is -3.89. The zero-order chi connectivity index (χ0) is 27.2. The fourth-order valence-electron chi connectivity index (χ4n) is 2.93. The van der Waals surface area contributed by atoms with Crippen molar-refractivity contribution in [1.29, 1.82) is 0 Å². The van der Waals surface area contributed by atoms with E-state index in [2.05, 4.69) is 15.0 Å². The Morgan fingerprint density at radius 3 is 2.16 bits per heavy atom. The van der Waals surface area contributed by atoms with Gasteiger partial charge in [0.2, 0.25) is 6.04 Å². The molecule has 0 saturated heterocycles. The van der Waals surface area contributed by atoms with Crippen molar-refractivity contribution in [2.75, 3.05) is 17.1 Å². The molecule has 196 valence electrons. The molecule has 0 fully saturated rings. The molecule has 1 heterocycles. The van der Waals surface area contributed by atoms with Crippen molar-refractivity contribution in [1.82, 2.24) is 4.98 Å². The fraction of sp³-hybridized carbons (Fsp3) is 0.240. The van der Waals surface area contributed by atoms with Crippen molar-refractivity contribution in [3.05, 3.63) is 66.9 Å². The number of carbonyl (C=O) groups excluding carboxylic acids is 2. The van der Waals surface area contributed by atoms with Crippen LogP contribution >= 0.6 is 0 Å². The molecule has 0 aliphatic carbocycles. The lowest BCUT2D eigenvalue weighted by Gasteiger charge is -2.21. The molecule has 37 heavy (non-hydrogen) atoms. The number of methoxy groups -OCH3 is 1. The largest absolute Gasteiger partial charge is 0.497 e. The molecular weight excluding hydrogens is 500 g/mol. The van der Waals surface area contributed by atoms with Gasteiger partial charge in [-0.15, -0.1) is 0 Å². The highest BCUT2D eigenvalue weighted by molar-refractivity contribution is 7.92. The molecule has 3 aromatic rings. The summed E-state index contributed by atoms with van der Waals surface area (Å²) >= 11 is 0. The van der Waals surface area contributed by atoms with Crippen LogP contribution in [0.1, 0.15) is 20.8 Å². The molecule has 1 aromatic heterocycles. The van der Waals surface area contributed by atoms with Gasteiger partial charge in [0, 0.05) is 11.9 Å². The number of esters is 2. The summed E-state index contributed by atoms with van der Waals surface area (Å²) in [4.78, 5) is 28.4. The van der Waals surface area contributed by atoms with E-state index in [-0.39, 0.29) is 22.2 Å². The Balaban J connectivity index is 1.68. The van der Waals surface area contributed by atoms with Gasteiger partial charge in [0.1, 0.15) is 17.1 Å². The molecule has 0 radical (unpaired) electrons. The number of rotatable bonds is 9. The molecule has 3 rings (SSSR count). The Morgan fingerprint density at radius 2 is 1.57 bits per heavy atom. The molecule has 0 spiro atoms. The summed E-state index contributed by atoms with van der Waals surface area (Å²) in [5, 5.41) is 3.01. The number of pyridine rings is 1. The lowest BCUT2D eigenvalue weighted by molar-refractivity contribution is -0.161. The lowest BCUT2D eigenvalue weighted by atomic mass is 10.2. The Bertz CT molecular complexity index is 1350. The van der Waals surface area contributed by atoms with Crippen molar-refractivity contribution in [2.24, 2.45) is 5.73 Å². The fourth-order valence-corrected chi connectivity index (χ4v) is 4.00. The number of sulfonamides is 1. The van der Waals surface area contributed by atoms with E-state index >= 15 is 0 Å². The maximum absolute atomic E-state index is 12.8. The third-order valence-electron chi connectivity index (χ3n) is 4.67. The second kappa shape index (κ2) is 11.3. The third-order valence-corrected chi connectivity index (χ3v) is 6.05. The van der Waals surface area contributed by atoms with Crippen LogP contribution in [0.25, 0.3) is 0 Å². The number of nitrogens with zero attached hydrogens (tertiary/aromatic N) is 1. The number of hydrogen-bond acceptors (Lipinski definition) is 10. The highest BCUT2D eigenvalue weighted by Gasteiger charge is 2.29. The minimum absolute atomic E-state index is 0.0545. The molecule has 4 N–H and O–H groups in total. The zero-order valence-corrected chi connectivity index (χ0v) is 21.5. The van der Waals surface area contributed by atoms with Gasteiger partial charge in [-0.1, -0.05) is 0 Å². The van der Waals surface area contributed by atoms with Crippen molar-refractivity contribution in [3.8, 4) is 11.5 Å². The number of ether oxygens (including phenoxy) is 3. The van der Waals surface area contributed by atoms with Crippen LogP contribution in [0.15, 0.2) is 71.8 Å². The zero-order valence-electron chi connectivity index (χ0n) is 20.7. The minimum Gasteiger partial charge on any atom is -0.497 e. The van der Waals surface area contributed by atoms with Crippen molar-refractivity contribution in [2.45, 2.75) is 37.3 Å². The average molecular weight is 529 g/mol. The van der Waals surface area contributed by atoms with Gasteiger partial charge in [0.15, 0.2) is 5.82 Å². The number of nitrogens with two attached hydrogens (primary N) is 1. The number of hydrogen-bond donors (Lipinski definition) is 3. The van der Waals surface area contributed by atoms with Crippen LogP contribution < -0.4 is 25.2 Å². The maximum atomic E-state index is 12.8. The molecule has 0 aliphatic rings. The van der Waals surface area contributed by atoms with Crippen molar-refractivity contribution in [3.63, 3.8) is 0 Å². The molecular formula is C25H28N4O7S. The van der Waals surface area contributed by atoms with E-state index in [9.17, 15) is 18.0 Å². The molecule has 1 unspecified atom stereocenters. The number of carbonyl (C=O) groups is 2. The van der Waals surface area contributed by atoms with Crippen LogP contribution in [0, 0.1) is 0 Å². The molecule has 12 heteroatoms. The van der Waals surface area contributed by atoms with Crippen LogP contribution in [0.3, 0.4) is 0 Å². The second-order valence-corrected chi connectivity index (χ2v) is 10.4.